The molecule has 0 saturated heterocycles. The number of hydrogen-bond donors (Lipinski definition) is 2. The van der Waals surface area contributed by atoms with Crippen molar-refractivity contribution in [1.29, 1.82) is 0 Å². The summed E-state index contributed by atoms with van der Waals surface area (Å²) in [6.07, 6.45) is 6.48. The van der Waals surface area contributed by atoms with Crippen LogP contribution in [-0.4, -0.2) is 28.5 Å². The van der Waals surface area contributed by atoms with Crippen LogP contribution in [0.5, 0.6) is 0 Å². The predicted octanol–water partition coefficient (Wildman–Crippen LogP) is 3.80. The second kappa shape index (κ2) is 6.11. The molecule has 5 heteroatoms. The number of hydrogen-bond acceptors (Lipinski definition) is 3. The molecule has 4 bridgehead atoms. The number of fused-ring (bicyclic) bond motifs is 1. The van der Waals surface area contributed by atoms with E-state index >= 15 is 0 Å². The summed E-state index contributed by atoms with van der Waals surface area (Å²) < 4.78 is 5.46. The number of rotatable bonds is 4. The van der Waals surface area contributed by atoms with Crippen LogP contribution in [-0.2, 0) is 9.53 Å². The Balaban J connectivity index is 1.25. The number of para-hydroxylation sites is 1. The molecule has 0 radical (unpaired) electrons. The fourth-order valence-corrected chi connectivity index (χ4v) is 6.09. The van der Waals surface area contributed by atoms with E-state index in [1.54, 1.807) is 13.0 Å². The van der Waals surface area contributed by atoms with Crippen molar-refractivity contribution in [3.63, 3.8) is 0 Å². The van der Waals surface area contributed by atoms with Crippen LogP contribution >= 0.6 is 0 Å². The lowest BCUT2D eigenvalue weighted by atomic mass is 9.53. The van der Waals surface area contributed by atoms with Gasteiger partial charge in [0.1, 0.15) is 5.69 Å². The average molecular weight is 366 g/mol. The Labute approximate surface area is 158 Å². The SMILES string of the molecule is C[C@@H](OC(=O)c1cc2ccccc2[nH]1)C(=O)NC12CC3CC(CC(C3)C1)C2. The Morgan fingerprint density at radius 2 is 1.74 bits per heavy atom. The van der Waals surface area contributed by atoms with Crippen LogP contribution in [0.2, 0.25) is 0 Å². The van der Waals surface area contributed by atoms with Gasteiger partial charge in [-0.25, -0.2) is 4.79 Å². The van der Waals surface area contributed by atoms with Gasteiger partial charge >= 0.3 is 5.97 Å². The van der Waals surface area contributed by atoms with Gasteiger partial charge in [-0.1, -0.05) is 18.2 Å². The summed E-state index contributed by atoms with van der Waals surface area (Å²) in [5.74, 6) is 1.64. The predicted molar refractivity (Wildman–Crippen MR) is 102 cm³/mol. The number of H-pyrrole nitrogens is 1. The van der Waals surface area contributed by atoms with Gasteiger partial charge in [0.15, 0.2) is 6.10 Å². The summed E-state index contributed by atoms with van der Waals surface area (Å²) in [6.45, 7) is 1.66. The molecule has 0 aliphatic heterocycles. The second-order valence-electron chi connectivity index (χ2n) is 9.00. The lowest BCUT2D eigenvalue weighted by Gasteiger charge is -2.57. The normalized spacial score (nSPS) is 32.4. The zero-order chi connectivity index (χ0) is 18.6. The molecule has 5 nitrogen and oxygen atoms in total. The van der Waals surface area contributed by atoms with Crippen molar-refractivity contribution >= 4 is 22.8 Å². The molecule has 0 spiro atoms. The van der Waals surface area contributed by atoms with Crippen LogP contribution in [0.1, 0.15) is 55.9 Å². The largest absolute Gasteiger partial charge is 0.448 e. The molecule has 4 fully saturated rings. The Hall–Kier alpha value is -2.30. The molecule has 6 rings (SSSR count). The summed E-state index contributed by atoms with van der Waals surface area (Å²) in [7, 11) is 0. The smallest absolute Gasteiger partial charge is 0.355 e. The van der Waals surface area contributed by atoms with Crippen molar-refractivity contribution in [3.8, 4) is 0 Å². The van der Waals surface area contributed by atoms with Gasteiger partial charge in [0.2, 0.25) is 0 Å². The maximum Gasteiger partial charge on any atom is 0.355 e. The summed E-state index contributed by atoms with van der Waals surface area (Å²) in [4.78, 5) is 28.3. The van der Waals surface area contributed by atoms with E-state index in [-0.39, 0.29) is 11.4 Å². The summed E-state index contributed by atoms with van der Waals surface area (Å²) in [5, 5.41) is 4.24. The quantitative estimate of drug-likeness (QED) is 0.809. The number of aromatic amines is 1. The molecule has 1 atom stereocenters. The standard InChI is InChI=1S/C22H26N2O3/c1-13(27-21(26)19-9-17-4-2-3-5-18(17)23-19)20(25)24-22-10-14-6-15(11-22)8-16(7-14)12-22/h2-5,9,13-16,23H,6-8,10-12H2,1H3,(H,24,25)/t13-,14?,15?,16?,22?/m1/s1. The van der Waals surface area contributed by atoms with Crippen molar-refractivity contribution < 1.29 is 14.3 Å². The molecular weight excluding hydrogens is 340 g/mol. The zero-order valence-corrected chi connectivity index (χ0v) is 15.7. The van der Waals surface area contributed by atoms with E-state index in [0.29, 0.717) is 5.69 Å². The minimum absolute atomic E-state index is 0.0619. The topological polar surface area (TPSA) is 71.2 Å². The van der Waals surface area contributed by atoms with Crippen molar-refractivity contribution in [2.24, 2.45) is 17.8 Å². The van der Waals surface area contributed by atoms with Gasteiger partial charge in [-0.2, -0.15) is 0 Å². The van der Waals surface area contributed by atoms with Crippen LogP contribution in [0.3, 0.4) is 0 Å². The molecule has 4 aliphatic carbocycles. The van der Waals surface area contributed by atoms with Gasteiger partial charge in [-0.05, 0) is 75.3 Å². The number of esters is 1. The number of carbonyl (C=O) groups is 2. The fraction of sp³-hybridized carbons (Fsp3) is 0.545. The molecule has 1 aromatic heterocycles. The van der Waals surface area contributed by atoms with E-state index < -0.39 is 12.1 Å². The summed E-state index contributed by atoms with van der Waals surface area (Å²) >= 11 is 0. The van der Waals surface area contributed by atoms with E-state index in [0.717, 1.165) is 47.9 Å². The second-order valence-corrected chi connectivity index (χ2v) is 9.00. The summed E-state index contributed by atoms with van der Waals surface area (Å²) in [6, 6.07) is 9.45. The Morgan fingerprint density at radius 3 is 2.37 bits per heavy atom. The molecule has 1 heterocycles. The highest BCUT2D eigenvalue weighted by Crippen LogP contribution is 2.55. The number of carbonyl (C=O) groups excluding carboxylic acids is 2. The monoisotopic (exact) mass is 366 g/mol. The van der Waals surface area contributed by atoms with Crippen molar-refractivity contribution in [3.05, 3.63) is 36.0 Å². The highest BCUT2D eigenvalue weighted by molar-refractivity contribution is 5.96. The van der Waals surface area contributed by atoms with Gasteiger partial charge in [-0.15, -0.1) is 0 Å². The zero-order valence-electron chi connectivity index (χ0n) is 15.7. The third-order valence-electron chi connectivity index (χ3n) is 6.83. The number of ether oxygens (including phenoxy) is 1. The molecule has 1 aromatic carbocycles. The van der Waals surface area contributed by atoms with Crippen LogP contribution in [0.15, 0.2) is 30.3 Å². The van der Waals surface area contributed by atoms with Crippen LogP contribution in [0.25, 0.3) is 10.9 Å². The first-order valence-electron chi connectivity index (χ1n) is 10.1. The van der Waals surface area contributed by atoms with E-state index in [9.17, 15) is 9.59 Å². The Morgan fingerprint density at radius 1 is 1.11 bits per heavy atom. The highest BCUT2D eigenvalue weighted by atomic mass is 16.5. The minimum Gasteiger partial charge on any atom is -0.448 e. The fourth-order valence-electron chi connectivity index (χ4n) is 6.09. The Kier molecular flexibility index (Phi) is 3.81. The molecule has 2 aromatic rings. The van der Waals surface area contributed by atoms with E-state index in [1.165, 1.54) is 19.3 Å². The van der Waals surface area contributed by atoms with Gasteiger partial charge < -0.3 is 15.0 Å². The maximum atomic E-state index is 12.8. The third kappa shape index (κ3) is 3.03. The van der Waals surface area contributed by atoms with Crippen molar-refractivity contribution in [2.75, 3.05) is 0 Å². The number of aromatic nitrogens is 1. The Bertz CT molecular complexity index is 832. The van der Waals surface area contributed by atoms with Gasteiger partial charge in [-0.3, -0.25) is 4.79 Å². The van der Waals surface area contributed by atoms with Gasteiger partial charge in [0.25, 0.3) is 5.91 Å². The van der Waals surface area contributed by atoms with E-state index in [4.69, 9.17) is 4.74 Å². The molecule has 0 unspecified atom stereocenters. The van der Waals surface area contributed by atoms with Crippen LogP contribution in [0.4, 0.5) is 0 Å². The first-order valence-corrected chi connectivity index (χ1v) is 10.1. The number of benzene rings is 1. The molecule has 2 N–H and O–H groups in total. The van der Waals surface area contributed by atoms with Crippen molar-refractivity contribution in [1.82, 2.24) is 10.3 Å². The maximum absolute atomic E-state index is 12.8. The first kappa shape index (κ1) is 16.8. The molecule has 1 amide bonds. The number of nitrogens with one attached hydrogen (secondary N) is 2. The first-order chi connectivity index (χ1) is 13.0. The highest BCUT2D eigenvalue weighted by Gasteiger charge is 2.51. The van der Waals surface area contributed by atoms with Crippen LogP contribution in [0, 0.1) is 17.8 Å². The molecule has 4 saturated carbocycles. The van der Waals surface area contributed by atoms with Crippen LogP contribution < -0.4 is 5.32 Å². The van der Waals surface area contributed by atoms with Crippen molar-refractivity contribution in [2.45, 2.75) is 57.1 Å². The molecular formula is C22H26N2O3. The molecule has 142 valence electrons. The number of amides is 1. The minimum atomic E-state index is -0.795. The van der Waals surface area contributed by atoms with E-state index in [1.807, 2.05) is 24.3 Å². The molecule has 4 aliphatic rings. The van der Waals surface area contributed by atoms with Gasteiger partial charge in [0, 0.05) is 16.4 Å². The van der Waals surface area contributed by atoms with E-state index in [2.05, 4.69) is 10.3 Å². The average Bonchev–Trinajstić information content (AvgIpc) is 3.04. The lowest BCUT2D eigenvalue weighted by molar-refractivity contribution is -0.134. The van der Waals surface area contributed by atoms with Gasteiger partial charge in [0.05, 0.1) is 0 Å². The lowest BCUT2D eigenvalue weighted by Crippen LogP contribution is -2.61. The third-order valence-corrected chi connectivity index (χ3v) is 6.83. The molecule has 27 heavy (non-hydrogen) atoms. The summed E-state index contributed by atoms with van der Waals surface area (Å²) in [5.41, 5.74) is 1.20.